The zero-order valence-corrected chi connectivity index (χ0v) is 17.2. The van der Waals surface area contributed by atoms with Crippen LogP contribution in [0.3, 0.4) is 0 Å². The Morgan fingerprint density at radius 1 is 1.30 bits per heavy atom. The van der Waals surface area contributed by atoms with Gasteiger partial charge in [-0.05, 0) is 31.6 Å². The molecule has 2 N–H and O–H groups in total. The molecular weight excluding hydrogens is 392 g/mol. The van der Waals surface area contributed by atoms with Gasteiger partial charge < -0.3 is 24.4 Å². The van der Waals surface area contributed by atoms with Gasteiger partial charge in [0.15, 0.2) is 0 Å². The summed E-state index contributed by atoms with van der Waals surface area (Å²) in [5.41, 5.74) is -2.44. The van der Waals surface area contributed by atoms with Gasteiger partial charge in [-0.2, -0.15) is 0 Å². The third-order valence-electron chi connectivity index (χ3n) is 6.04. The number of fused-ring (bicyclic) bond motifs is 3. The number of esters is 3. The highest BCUT2D eigenvalue weighted by molar-refractivity contribution is 5.92. The molecule has 0 amide bonds. The first-order valence-corrected chi connectivity index (χ1v) is 9.62. The number of carbonyl (C=O) groups excluding carboxylic acids is 3. The second-order valence-corrected chi connectivity index (χ2v) is 8.22. The summed E-state index contributed by atoms with van der Waals surface area (Å²) in [6.45, 7) is 11.9. The molecular formula is C22H26O8. The summed E-state index contributed by atoms with van der Waals surface area (Å²) in [5.74, 6) is -3.49. The van der Waals surface area contributed by atoms with E-state index in [-0.39, 0.29) is 24.2 Å². The fraction of sp³-hybridized carbons (Fsp3) is 0.500. The topological polar surface area (TPSA) is 119 Å². The van der Waals surface area contributed by atoms with E-state index in [0.29, 0.717) is 5.57 Å². The van der Waals surface area contributed by atoms with Crippen LogP contribution in [0.4, 0.5) is 0 Å². The maximum Gasteiger partial charge on any atom is 0.334 e. The fourth-order valence-electron chi connectivity index (χ4n) is 4.43. The zero-order valence-electron chi connectivity index (χ0n) is 17.2. The Balaban J connectivity index is 1.91. The van der Waals surface area contributed by atoms with Crippen molar-refractivity contribution in [2.75, 3.05) is 6.61 Å². The molecule has 0 radical (unpaired) electrons. The Bertz CT molecular complexity index is 880. The van der Waals surface area contributed by atoms with Crippen molar-refractivity contribution >= 4 is 17.9 Å². The van der Waals surface area contributed by atoms with Crippen LogP contribution in [-0.2, 0) is 28.6 Å². The number of carbonyl (C=O) groups is 3. The van der Waals surface area contributed by atoms with Crippen LogP contribution >= 0.6 is 0 Å². The molecule has 8 nitrogen and oxygen atoms in total. The highest BCUT2D eigenvalue weighted by Gasteiger charge is 2.64. The van der Waals surface area contributed by atoms with Crippen LogP contribution in [0.2, 0.25) is 0 Å². The summed E-state index contributed by atoms with van der Waals surface area (Å²) < 4.78 is 15.9. The largest absolute Gasteiger partial charge is 0.462 e. The van der Waals surface area contributed by atoms with E-state index in [1.54, 1.807) is 0 Å². The first-order valence-electron chi connectivity index (χ1n) is 9.62. The number of rotatable bonds is 4. The van der Waals surface area contributed by atoms with Gasteiger partial charge in [-0.15, -0.1) is 0 Å². The van der Waals surface area contributed by atoms with Crippen molar-refractivity contribution < 1.29 is 38.8 Å². The predicted octanol–water partition coefficient (Wildman–Crippen LogP) is 1.13. The SMILES string of the molecule is C=C1C(=O)O[C@H]2[C@H]1[C@H](OC(=O)/C(C)=C\COC(C)=O)CC(=C)[C@]1(O)C=C[C@](C)(O)[C@H]21. The van der Waals surface area contributed by atoms with Crippen LogP contribution in [0, 0.1) is 11.8 Å². The minimum Gasteiger partial charge on any atom is -0.462 e. The monoisotopic (exact) mass is 418 g/mol. The first kappa shape index (κ1) is 22.0. The Kier molecular flexibility index (Phi) is 5.51. The lowest BCUT2D eigenvalue weighted by atomic mass is 9.73. The van der Waals surface area contributed by atoms with Gasteiger partial charge >= 0.3 is 17.9 Å². The maximum absolute atomic E-state index is 12.6. The zero-order chi connectivity index (χ0) is 22.4. The Labute approximate surface area is 174 Å². The second-order valence-electron chi connectivity index (χ2n) is 8.22. The fourth-order valence-corrected chi connectivity index (χ4v) is 4.43. The van der Waals surface area contributed by atoms with E-state index < -0.39 is 53.2 Å². The molecule has 6 atom stereocenters. The third kappa shape index (κ3) is 3.61. The van der Waals surface area contributed by atoms with Crippen molar-refractivity contribution in [2.24, 2.45) is 11.8 Å². The molecule has 162 valence electrons. The van der Waals surface area contributed by atoms with E-state index in [1.165, 1.54) is 39.0 Å². The first-order chi connectivity index (χ1) is 13.9. The van der Waals surface area contributed by atoms with Crippen molar-refractivity contribution in [1.29, 1.82) is 0 Å². The van der Waals surface area contributed by atoms with Crippen LogP contribution in [-0.4, -0.2) is 58.1 Å². The van der Waals surface area contributed by atoms with Crippen LogP contribution in [0.1, 0.15) is 27.2 Å². The normalized spacial score (nSPS) is 37.9. The standard InChI is InChI=1S/C22H26O8/c1-11(6-9-28-14(4)23)19(24)29-15-10-12(2)22(27)8-7-21(5,26)18(22)17-16(15)13(3)20(25)30-17/h6-8,15-18,26-27H,2-3,9-10H2,1,4-5H3/b11-6-/t15-,16-,17+,18+,21+,22-/m1/s1. The van der Waals surface area contributed by atoms with Gasteiger partial charge in [0.05, 0.1) is 17.4 Å². The molecule has 0 aromatic carbocycles. The van der Waals surface area contributed by atoms with E-state index in [4.69, 9.17) is 14.2 Å². The molecule has 2 fully saturated rings. The number of aliphatic hydroxyl groups is 2. The maximum atomic E-state index is 12.6. The summed E-state index contributed by atoms with van der Waals surface area (Å²) in [7, 11) is 0. The molecule has 3 aliphatic rings. The van der Waals surface area contributed by atoms with Crippen LogP contribution in [0.15, 0.2) is 48.1 Å². The number of hydrogen-bond donors (Lipinski definition) is 2. The second kappa shape index (κ2) is 7.52. The molecule has 0 bridgehead atoms. The highest BCUT2D eigenvalue weighted by atomic mass is 16.6. The molecule has 3 rings (SSSR count). The van der Waals surface area contributed by atoms with E-state index in [0.717, 1.165) is 0 Å². The molecule has 1 aliphatic heterocycles. The van der Waals surface area contributed by atoms with Gasteiger partial charge in [-0.25, -0.2) is 9.59 Å². The van der Waals surface area contributed by atoms with Crippen LogP contribution < -0.4 is 0 Å². The van der Waals surface area contributed by atoms with E-state index in [9.17, 15) is 24.6 Å². The number of ether oxygens (including phenoxy) is 3. The highest BCUT2D eigenvalue weighted by Crippen LogP contribution is 2.53. The molecule has 1 saturated heterocycles. The van der Waals surface area contributed by atoms with E-state index in [1.807, 2.05) is 0 Å². The molecule has 1 saturated carbocycles. The van der Waals surface area contributed by atoms with Gasteiger partial charge in [0.1, 0.15) is 24.4 Å². The van der Waals surface area contributed by atoms with Gasteiger partial charge in [0.2, 0.25) is 0 Å². The summed E-state index contributed by atoms with van der Waals surface area (Å²) in [6, 6.07) is 0. The average molecular weight is 418 g/mol. The Hall–Kier alpha value is -2.71. The summed E-state index contributed by atoms with van der Waals surface area (Å²) in [5, 5.41) is 22.1. The van der Waals surface area contributed by atoms with Crippen molar-refractivity contribution in [2.45, 2.75) is 50.6 Å². The quantitative estimate of drug-likeness (QED) is 0.302. The Morgan fingerprint density at radius 3 is 2.60 bits per heavy atom. The van der Waals surface area contributed by atoms with Crippen molar-refractivity contribution in [3.8, 4) is 0 Å². The van der Waals surface area contributed by atoms with E-state index >= 15 is 0 Å². The van der Waals surface area contributed by atoms with Gasteiger partial charge in [-0.3, -0.25) is 4.79 Å². The third-order valence-corrected chi connectivity index (χ3v) is 6.04. The molecule has 1 heterocycles. The minimum atomic E-state index is -1.63. The summed E-state index contributed by atoms with van der Waals surface area (Å²) >= 11 is 0. The van der Waals surface area contributed by atoms with Crippen LogP contribution in [0.5, 0.6) is 0 Å². The van der Waals surface area contributed by atoms with Gasteiger partial charge in [0, 0.05) is 24.5 Å². The lowest BCUT2D eigenvalue weighted by Crippen LogP contribution is -2.51. The molecule has 0 aromatic rings. The summed E-state index contributed by atoms with van der Waals surface area (Å²) in [6.07, 6.45) is 2.52. The van der Waals surface area contributed by atoms with Crippen molar-refractivity contribution in [3.63, 3.8) is 0 Å². The van der Waals surface area contributed by atoms with Gasteiger partial charge in [-0.1, -0.05) is 19.2 Å². The summed E-state index contributed by atoms with van der Waals surface area (Å²) in [4.78, 5) is 35.7. The predicted molar refractivity (Wildman–Crippen MR) is 105 cm³/mol. The minimum absolute atomic E-state index is 0.0488. The molecule has 30 heavy (non-hydrogen) atoms. The van der Waals surface area contributed by atoms with Crippen molar-refractivity contribution in [3.05, 3.63) is 48.1 Å². The molecule has 2 aliphatic carbocycles. The van der Waals surface area contributed by atoms with E-state index in [2.05, 4.69) is 13.2 Å². The molecule has 0 unspecified atom stereocenters. The smallest absolute Gasteiger partial charge is 0.334 e. The average Bonchev–Trinajstić information content (AvgIpc) is 3.03. The lowest BCUT2D eigenvalue weighted by molar-refractivity contribution is -0.155. The number of hydrogen-bond acceptors (Lipinski definition) is 8. The molecule has 0 spiro atoms. The lowest BCUT2D eigenvalue weighted by Gasteiger charge is -2.39. The Morgan fingerprint density at radius 2 is 1.97 bits per heavy atom. The molecule has 8 heteroatoms. The van der Waals surface area contributed by atoms with Crippen molar-refractivity contribution in [1.82, 2.24) is 0 Å². The van der Waals surface area contributed by atoms with Crippen LogP contribution in [0.25, 0.3) is 0 Å². The van der Waals surface area contributed by atoms with Gasteiger partial charge in [0.25, 0.3) is 0 Å². The molecule has 0 aromatic heterocycles.